The third-order valence-corrected chi connectivity index (χ3v) is 7.75. The number of hydrogen-bond donors (Lipinski definition) is 0. The average molecular weight is 467 g/mol. The Morgan fingerprint density at radius 3 is 1.83 bits per heavy atom. The minimum atomic E-state index is -0.000455. The quantitative estimate of drug-likeness (QED) is 0.266. The van der Waals surface area contributed by atoms with Crippen LogP contribution in [0.3, 0.4) is 0 Å². The molecule has 36 heavy (non-hydrogen) atoms. The van der Waals surface area contributed by atoms with E-state index in [0.717, 1.165) is 28.3 Å². The number of fused-ring (bicyclic) bond motifs is 3. The van der Waals surface area contributed by atoms with Crippen LogP contribution in [0.2, 0.25) is 0 Å². The summed E-state index contributed by atoms with van der Waals surface area (Å²) in [6, 6.07) is 33.3. The lowest BCUT2D eigenvalue weighted by molar-refractivity contribution is 0.660. The predicted molar refractivity (Wildman–Crippen MR) is 150 cm³/mol. The molecule has 4 aromatic carbocycles. The first-order valence-electron chi connectivity index (χ1n) is 12.6. The molecule has 0 saturated carbocycles. The molecule has 0 aliphatic heterocycles. The van der Waals surface area contributed by atoms with Crippen LogP contribution in [0, 0.1) is 20.8 Å². The van der Waals surface area contributed by atoms with Crippen LogP contribution >= 0.6 is 0 Å². The van der Waals surface area contributed by atoms with Crippen molar-refractivity contribution in [2.24, 2.45) is 0 Å². The van der Waals surface area contributed by atoms with Gasteiger partial charge in [-0.1, -0.05) is 86.6 Å². The van der Waals surface area contributed by atoms with Crippen LogP contribution in [0.15, 0.2) is 91.0 Å². The standard InChI is InChI=1S/C34H30N2/c1-21-22(2)35-23(3)36-33(21)28-13-9-12-26(19-28)24-10-8-11-25(18-24)27-16-17-30-29-14-6-7-15-31(29)34(4,5)32(30)20-27/h6-20H,1-5H3. The number of aryl methyl sites for hydroxylation is 2. The fourth-order valence-electron chi connectivity index (χ4n) is 5.66. The molecular formula is C34H30N2. The van der Waals surface area contributed by atoms with E-state index in [1.807, 2.05) is 6.92 Å². The van der Waals surface area contributed by atoms with Gasteiger partial charge >= 0.3 is 0 Å². The molecule has 0 amide bonds. The summed E-state index contributed by atoms with van der Waals surface area (Å²) < 4.78 is 0. The van der Waals surface area contributed by atoms with Gasteiger partial charge in [-0.25, -0.2) is 9.97 Å². The van der Waals surface area contributed by atoms with Gasteiger partial charge in [-0.15, -0.1) is 0 Å². The number of benzene rings is 4. The van der Waals surface area contributed by atoms with Crippen molar-refractivity contribution in [3.8, 4) is 44.6 Å². The van der Waals surface area contributed by atoms with E-state index in [0.29, 0.717) is 0 Å². The van der Waals surface area contributed by atoms with Crippen molar-refractivity contribution < 1.29 is 0 Å². The molecule has 1 aromatic heterocycles. The third-order valence-electron chi connectivity index (χ3n) is 7.75. The average Bonchev–Trinajstić information content (AvgIpc) is 3.13. The zero-order valence-electron chi connectivity index (χ0n) is 21.6. The van der Waals surface area contributed by atoms with Crippen molar-refractivity contribution in [3.63, 3.8) is 0 Å². The highest BCUT2D eigenvalue weighted by Crippen LogP contribution is 2.49. The molecule has 2 nitrogen and oxygen atoms in total. The van der Waals surface area contributed by atoms with Crippen LogP contribution in [0.1, 0.15) is 42.1 Å². The second kappa shape index (κ2) is 8.27. The van der Waals surface area contributed by atoms with Gasteiger partial charge in [0.15, 0.2) is 0 Å². The highest BCUT2D eigenvalue weighted by atomic mass is 14.9. The lowest BCUT2D eigenvalue weighted by Crippen LogP contribution is -2.14. The van der Waals surface area contributed by atoms with E-state index >= 15 is 0 Å². The topological polar surface area (TPSA) is 25.8 Å². The summed E-state index contributed by atoms with van der Waals surface area (Å²) in [6.45, 7) is 10.8. The summed E-state index contributed by atoms with van der Waals surface area (Å²) in [5.41, 5.74) is 14.7. The number of rotatable bonds is 3. The van der Waals surface area contributed by atoms with Crippen molar-refractivity contribution >= 4 is 0 Å². The van der Waals surface area contributed by atoms with Crippen LogP contribution < -0.4 is 0 Å². The zero-order chi connectivity index (χ0) is 25.0. The van der Waals surface area contributed by atoms with Crippen LogP contribution in [0.5, 0.6) is 0 Å². The van der Waals surface area contributed by atoms with Gasteiger partial charge in [-0.2, -0.15) is 0 Å². The fourth-order valence-corrected chi connectivity index (χ4v) is 5.66. The molecule has 0 bridgehead atoms. The molecule has 1 aliphatic carbocycles. The maximum atomic E-state index is 4.76. The Morgan fingerprint density at radius 2 is 1.11 bits per heavy atom. The fraction of sp³-hybridized carbons (Fsp3) is 0.176. The molecule has 5 aromatic rings. The minimum Gasteiger partial charge on any atom is -0.238 e. The molecule has 0 unspecified atom stereocenters. The Labute approximate surface area is 213 Å². The SMILES string of the molecule is Cc1nc(C)c(C)c(-c2cccc(-c3cccc(-c4ccc5c(c4)C(C)(C)c4ccccc4-5)c3)c2)n1. The first kappa shape index (κ1) is 22.4. The predicted octanol–water partition coefficient (Wildman–Crippen LogP) is 8.71. The molecular weight excluding hydrogens is 436 g/mol. The monoisotopic (exact) mass is 466 g/mol. The normalized spacial score (nSPS) is 13.4. The van der Waals surface area contributed by atoms with Gasteiger partial charge in [0, 0.05) is 16.7 Å². The molecule has 0 saturated heterocycles. The van der Waals surface area contributed by atoms with Crippen LogP contribution in [-0.4, -0.2) is 9.97 Å². The van der Waals surface area contributed by atoms with Gasteiger partial charge in [0.1, 0.15) is 5.82 Å². The molecule has 1 aliphatic rings. The smallest absolute Gasteiger partial charge is 0.126 e. The van der Waals surface area contributed by atoms with Crippen LogP contribution in [-0.2, 0) is 5.41 Å². The van der Waals surface area contributed by atoms with Gasteiger partial charge in [0.2, 0.25) is 0 Å². The molecule has 0 N–H and O–H groups in total. The Balaban J connectivity index is 1.40. The Morgan fingerprint density at radius 1 is 0.528 bits per heavy atom. The second-order valence-electron chi connectivity index (χ2n) is 10.4. The van der Waals surface area contributed by atoms with E-state index in [1.54, 1.807) is 0 Å². The maximum absolute atomic E-state index is 4.76. The van der Waals surface area contributed by atoms with Crippen LogP contribution in [0.4, 0.5) is 0 Å². The first-order chi connectivity index (χ1) is 17.3. The van der Waals surface area contributed by atoms with Gasteiger partial charge in [0.05, 0.1) is 5.69 Å². The second-order valence-corrected chi connectivity index (χ2v) is 10.4. The molecule has 0 radical (unpaired) electrons. The Bertz CT molecular complexity index is 1640. The summed E-state index contributed by atoms with van der Waals surface area (Å²) in [5.74, 6) is 0.808. The molecule has 1 heterocycles. The van der Waals surface area contributed by atoms with Gasteiger partial charge in [-0.05, 0) is 89.0 Å². The van der Waals surface area contributed by atoms with Gasteiger partial charge in [-0.3, -0.25) is 0 Å². The van der Waals surface area contributed by atoms with E-state index < -0.39 is 0 Å². The molecule has 0 fully saturated rings. The zero-order valence-corrected chi connectivity index (χ0v) is 21.6. The highest BCUT2D eigenvalue weighted by Gasteiger charge is 2.35. The largest absolute Gasteiger partial charge is 0.238 e. The van der Waals surface area contributed by atoms with Crippen LogP contribution in [0.25, 0.3) is 44.6 Å². The Hall–Kier alpha value is -4.04. The molecule has 2 heteroatoms. The molecule has 0 spiro atoms. The van der Waals surface area contributed by atoms with Crippen molar-refractivity contribution in [2.45, 2.75) is 40.0 Å². The van der Waals surface area contributed by atoms with E-state index in [-0.39, 0.29) is 5.41 Å². The van der Waals surface area contributed by atoms with E-state index in [1.165, 1.54) is 44.5 Å². The lowest BCUT2D eigenvalue weighted by atomic mass is 9.81. The molecule has 176 valence electrons. The van der Waals surface area contributed by atoms with E-state index in [2.05, 4.69) is 124 Å². The summed E-state index contributed by atoms with van der Waals surface area (Å²) in [7, 11) is 0. The molecule has 0 atom stereocenters. The lowest BCUT2D eigenvalue weighted by Gasteiger charge is -2.22. The van der Waals surface area contributed by atoms with E-state index in [9.17, 15) is 0 Å². The van der Waals surface area contributed by atoms with Crippen molar-refractivity contribution in [1.29, 1.82) is 0 Å². The maximum Gasteiger partial charge on any atom is 0.126 e. The third kappa shape index (κ3) is 3.56. The summed E-state index contributed by atoms with van der Waals surface area (Å²) in [4.78, 5) is 9.28. The highest BCUT2D eigenvalue weighted by molar-refractivity contribution is 5.84. The van der Waals surface area contributed by atoms with Crippen molar-refractivity contribution in [3.05, 3.63) is 119 Å². The van der Waals surface area contributed by atoms with Gasteiger partial charge in [0.25, 0.3) is 0 Å². The molecule has 6 rings (SSSR count). The number of hydrogen-bond acceptors (Lipinski definition) is 2. The summed E-state index contributed by atoms with van der Waals surface area (Å²) in [5, 5.41) is 0. The van der Waals surface area contributed by atoms with Gasteiger partial charge < -0.3 is 0 Å². The van der Waals surface area contributed by atoms with E-state index in [4.69, 9.17) is 4.98 Å². The van der Waals surface area contributed by atoms with Crippen molar-refractivity contribution in [2.75, 3.05) is 0 Å². The number of aromatic nitrogens is 2. The Kier molecular flexibility index (Phi) is 5.15. The minimum absolute atomic E-state index is 0.000455. The number of nitrogens with zero attached hydrogens (tertiary/aromatic N) is 2. The summed E-state index contributed by atoms with van der Waals surface area (Å²) in [6.07, 6.45) is 0. The van der Waals surface area contributed by atoms with Crippen molar-refractivity contribution in [1.82, 2.24) is 9.97 Å². The summed E-state index contributed by atoms with van der Waals surface area (Å²) >= 11 is 0. The first-order valence-corrected chi connectivity index (χ1v) is 12.6.